The summed E-state index contributed by atoms with van der Waals surface area (Å²) in [6.45, 7) is 2.37. The zero-order valence-corrected chi connectivity index (χ0v) is 12.6. The van der Waals surface area contributed by atoms with Crippen LogP contribution in [0.5, 0.6) is 0 Å². The van der Waals surface area contributed by atoms with Crippen LogP contribution >= 0.6 is 12.4 Å². The Morgan fingerprint density at radius 1 is 1.25 bits per heavy atom. The molecule has 20 heavy (non-hydrogen) atoms. The molecule has 2 atom stereocenters. The Labute approximate surface area is 126 Å². The van der Waals surface area contributed by atoms with E-state index in [1.54, 1.807) is 0 Å². The molecule has 6 heteroatoms. The first kappa shape index (κ1) is 16.8. The minimum absolute atomic E-state index is 0. The fraction of sp³-hybridized carbons (Fsp3) is 0.786. The van der Waals surface area contributed by atoms with Crippen molar-refractivity contribution in [2.24, 2.45) is 0 Å². The van der Waals surface area contributed by atoms with Crippen molar-refractivity contribution in [1.29, 1.82) is 10.5 Å². The second-order valence-corrected chi connectivity index (χ2v) is 5.79. The van der Waals surface area contributed by atoms with Gasteiger partial charge in [0.15, 0.2) is 0 Å². The molecule has 0 radical (unpaired) electrons. The van der Waals surface area contributed by atoms with Gasteiger partial charge in [-0.05, 0) is 32.6 Å². The van der Waals surface area contributed by atoms with Gasteiger partial charge in [-0.2, -0.15) is 10.5 Å². The summed E-state index contributed by atoms with van der Waals surface area (Å²) in [6.07, 6.45) is 5.79. The van der Waals surface area contributed by atoms with Gasteiger partial charge in [0.05, 0.1) is 18.7 Å². The van der Waals surface area contributed by atoms with E-state index in [1.807, 2.05) is 0 Å². The molecule has 1 N–H and O–H groups in total. The summed E-state index contributed by atoms with van der Waals surface area (Å²) in [4.78, 5) is 13.7. The highest BCUT2D eigenvalue weighted by molar-refractivity contribution is 5.85. The molecular weight excluding hydrogens is 276 g/mol. The van der Waals surface area contributed by atoms with E-state index in [0.29, 0.717) is 12.8 Å². The number of amides is 1. The first-order valence-corrected chi connectivity index (χ1v) is 6.95. The van der Waals surface area contributed by atoms with Gasteiger partial charge in [0.2, 0.25) is 5.91 Å². The molecule has 1 saturated heterocycles. The number of nitriles is 2. The molecule has 1 saturated carbocycles. The standard InChI is InChI=1S/C14H20N4O.ClH/c1-14(6-2-3-7-14)17-10-13(19)18-11(8-15)4-5-12(18)9-16;/h11-12,17H,2-7,10H2,1H3;1H/t11-,12+;. The minimum Gasteiger partial charge on any atom is -0.310 e. The summed E-state index contributed by atoms with van der Waals surface area (Å²) in [5.74, 6) is -0.122. The van der Waals surface area contributed by atoms with Crippen LogP contribution in [0.1, 0.15) is 45.4 Å². The third-order valence-electron chi connectivity index (χ3n) is 4.34. The molecule has 1 amide bonds. The van der Waals surface area contributed by atoms with Gasteiger partial charge in [-0.15, -0.1) is 12.4 Å². The quantitative estimate of drug-likeness (QED) is 0.860. The molecule has 0 bridgehead atoms. The highest BCUT2D eigenvalue weighted by Gasteiger charge is 2.38. The number of carbonyl (C=O) groups is 1. The van der Waals surface area contributed by atoms with E-state index in [4.69, 9.17) is 10.5 Å². The second-order valence-electron chi connectivity index (χ2n) is 5.79. The van der Waals surface area contributed by atoms with Crippen molar-refractivity contribution in [3.8, 4) is 12.1 Å². The Bertz CT molecular complexity index is 411. The van der Waals surface area contributed by atoms with Crippen LogP contribution in [0.2, 0.25) is 0 Å². The third-order valence-corrected chi connectivity index (χ3v) is 4.34. The van der Waals surface area contributed by atoms with Crippen LogP contribution in [0.25, 0.3) is 0 Å². The number of nitrogens with one attached hydrogen (secondary N) is 1. The first-order chi connectivity index (χ1) is 9.09. The van der Waals surface area contributed by atoms with Gasteiger partial charge in [0.1, 0.15) is 12.1 Å². The number of nitrogens with zero attached hydrogens (tertiary/aromatic N) is 3. The Balaban J connectivity index is 0.00000200. The maximum atomic E-state index is 12.2. The molecule has 2 fully saturated rings. The molecule has 110 valence electrons. The Kier molecular flexibility index (Phi) is 5.80. The van der Waals surface area contributed by atoms with E-state index in [-0.39, 0.29) is 30.4 Å². The number of halogens is 1. The molecule has 0 spiro atoms. The highest BCUT2D eigenvalue weighted by atomic mass is 35.5. The number of hydrogen-bond acceptors (Lipinski definition) is 4. The monoisotopic (exact) mass is 296 g/mol. The maximum absolute atomic E-state index is 12.2. The lowest BCUT2D eigenvalue weighted by Gasteiger charge is -2.28. The number of hydrogen-bond donors (Lipinski definition) is 1. The molecule has 1 aliphatic carbocycles. The number of carbonyl (C=O) groups excluding carboxylic acids is 1. The van der Waals surface area contributed by atoms with Crippen LogP contribution in [0, 0.1) is 22.7 Å². The molecule has 0 aromatic heterocycles. The van der Waals surface area contributed by atoms with Crippen molar-refractivity contribution in [1.82, 2.24) is 10.2 Å². The molecule has 1 aliphatic heterocycles. The summed E-state index contributed by atoms with van der Waals surface area (Å²) >= 11 is 0. The largest absolute Gasteiger partial charge is 0.310 e. The van der Waals surface area contributed by atoms with E-state index < -0.39 is 12.1 Å². The van der Waals surface area contributed by atoms with Crippen molar-refractivity contribution in [3.05, 3.63) is 0 Å². The Morgan fingerprint density at radius 2 is 1.75 bits per heavy atom. The molecule has 5 nitrogen and oxygen atoms in total. The molecule has 2 rings (SSSR count). The zero-order valence-electron chi connectivity index (χ0n) is 11.8. The normalized spacial score (nSPS) is 27.4. The van der Waals surface area contributed by atoms with Gasteiger partial charge >= 0.3 is 0 Å². The lowest BCUT2D eigenvalue weighted by molar-refractivity contribution is -0.131. The van der Waals surface area contributed by atoms with E-state index in [1.165, 1.54) is 17.7 Å². The SMILES string of the molecule is CC1(NCC(=O)N2[C@H](C#N)CC[C@@H]2C#N)CCCC1.Cl. The molecule has 2 aliphatic rings. The molecule has 0 unspecified atom stereocenters. The maximum Gasteiger partial charge on any atom is 0.238 e. The Hall–Kier alpha value is -1.30. The van der Waals surface area contributed by atoms with Crippen LogP contribution in [-0.4, -0.2) is 35.0 Å². The predicted octanol–water partition coefficient (Wildman–Crippen LogP) is 1.74. The summed E-state index contributed by atoms with van der Waals surface area (Å²) in [7, 11) is 0. The van der Waals surface area contributed by atoms with E-state index in [2.05, 4.69) is 24.4 Å². The van der Waals surface area contributed by atoms with Crippen LogP contribution in [-0.2, 0) is 4.79 Å². The summed E-state index contributed by atoms with van der Waals surface area (Å²) in [5.41, 5.74) is 0.0413. The lowest BCUT2D eigenvalue weighted by Crippen LogP contribution is -2.49. The van der Waals surface area contributed by atoms with E-state index >= 15 is 0 Å². The summed E-state index contributed by atoms with van der Waals surface area (Å²) in [6, 6.07) is 3.38. The fourth-order valence-corrected chi connectivity index (χ4v) is 3.12. The van der Waals surface area contributed by atoms with Gasteiger partial charge in [0, 0.05) is 5.54 Å². The van der Waals surface area contributed by atoms with Crippen molar-refractivity contribution < 1.29 is 4.79 Å². The topological polar surface area (TPSA) is 79.9 Å². The van der Waals surface area contributed by atoms with Crippen LogP contribution in [0.3, 0.4) is 0 Å². The van der Waals surface area contributed by atoms with Gasteiger partial charge in [0.25, 0.3) is 0 Å². The van der Waals surface area contributed by atoms with Crippen molar-refractivity contribution >= 4 is 18.3 Å². The average Bonchev–Trinajstić information content (AvgIpc) is 3.02. The van der Waals surface area contributed by atoms with E-state index in [9.17, 15) is 4.79 Å². The molecule has 0 aromatic carbocycles. The smallest absolute Gasteiger partial charge is 0.238 e. The van der Waals surface area contributed by atoms with Gasteiger partial charge in [-0.25, -0.2) is 0 Å². The third kappa shape index (κ3) is 3.42. The van der Waals surface area contributed by atoms with E-state index in [0.717, 1.165) is 12.8 Å². The van der Waals surface area contributed by atoms with Crippen LogP contribution < -0.4 is 5.32 Å². The molecular formula is C14H21ClN4O. The number of rotatable bonds is 3. The highest BCUT2D eigenvalue weighted by Crippen LogP contribution is 2.29. The number of likely N-dealkylation sites (tertiary alicyclic amines) is 1. The second kappa shape index (κ2) is 6.92. The zero-order chi connectivity index (χ0) is 13.9. The Morgan fingerprint density at radius 3 is 2.20 bits per heavy atom. The molecule has 1 heterocycles. The van der Waals surface area contributed by atoms with Gasteiger partial charge in [-0.1, -0.05) is 12.8 Å². The lowest BCUT2D eigenvalue weighted by atomic mass is 10.0. The summed E-state index contributed by atoms with van der Waals surface area (Å²) < 4.78 is 0. The predicted molar refractivity (Wildman–Crippen MR) is 77.0 cm³/mol. The van der Waals surface area contributed by atoms with Crippen molar-refractivity contribution in [3.63, 3.8) is 0 Å². The van der Waals surface area contributed by atoms with Crippen molar-refractivity contribution in [2.75, 3.05) is 6.54 Å². The van der Waals surface area contributed by atoms with Gasteiger partial charge < -0.3 is 10.2 Å². The van der Waals surface area contributed by atoms with Crippen molar-refractivity contribution in [2.45, 2.75) is 63.1 Å². The molecule has 0 aromatic rings. The average molecular weight is 297 g/mol. The van der Waals surface area contributed by atoms with Gasteiger partial charge in [-0.3, -0.25) is 4.79 Å². The minimum atomic E-state index is -0.435. The first-order valence-electron chi connectivity index (χ1n) is 6.95. The summed E-state index contributed by atoms with van der Waals surface area (Å²) in [5, 5.41) is 21.4. The van der Waals surface area contributed by atoms with Crippen LogP contribution in [0.15, 0.2) is 0 Å². The van der Waals surface area contributed by atoms with Crippen LogP contribution in [0.4, 0.5) is 0 Å². The fourth-order valence-electron chi connectivity index (χ4n) is 3.12.